The molecular formula is C9H7NS2. The number of hydrogen-bond acceptors (Lipinski definition) is 3. The molecule has 0 saturated heterocycles. The van der Waals surface area contributed by atoms with Gasteiger partial charge in [0.15, 0.2) is 0 Å². The lowest BCUT2D eigenvalue weighted by Gasteiger charge is -1.98. The summed E-state index contributed by atoms with van der Waals surface area (Å²) in [6, 6.07) is 7.96. The normalized spacial score (nSPS) is 10.1. The molecule has 3 heteroatoms. The Labute approximate surface area is 80.5 Å². The van der Waals surface area contributed by atoms with Crippen molar-refractivity contribution in [3.8, 4) is 11.3 Å². The van der Waals surface area contributed by atoms with Crippen molar-refractivity contribution in [2.45, 2.75) is 4.90 Å². The van der Waals surface area contributed by atoms with Crippen LogP contribution in [-0.4, -0.2) is 4.98 Å². The molecule has 0 aliphatic rings. The van der Waals surface area contributed by atoms with E-state index in [9.17, 15) is 0 Å². The number of thiazole rings is 1. The lowest BCUT2D eigenvalue weighted by Crippen LogP contribution is -1.77. The molecule has 2 aromatic rings. The fourth-order valence-corrected chi connectivity index (χ4v) is 1.86. The first-order chi connectivity index (χ1) is 5.88. The highest BCUT2D eigenvalue weighted by Crippen LogP contribution is 2.25. The van der Waals surface area contributed by atoms with Gasteiger partial charge in [0.1, 0.15) is 0 Å². The van der Waals surface area contributed by atoms with Crippen LogP contribution < -0.4 is 0 Å². The third kappa shape index (κ3) is 1.38. The van der Waals surface area contributed by atoms with Crippen LogP contribution in [0.4, 0.5) is 0 Å². The van der Waals surface area contributed by atoms with Crippen LogP contribution in [0.15, 0.2) is 40.1 Å². The minimum absolute atomic E-state index is 0.975. The molecule has 1 aromatic carbocycles. The molecule has 0 saturated carbocycles. The van der Waals surface area contributed by atoms with Crippen LogP contribution in [0.25, 0.3) is 11.3 Å². The molecule has 1 aromatic heterocycles. The molecule has 0 fully saturated rings. The van der Waals surface area contributed by atoms with Gasteiger partial charge in [-0.3, -0.25) is 0 Å². The predicted molar refractivity (Wildman–Crippen MR) is 54.8 cm³/mol. The molecule has 0 radical (unpaired) electrons. The number of thiol groups is 1. The maximum absolute atomic E-state index is 4.35. The summed E-state index contributed by atoms with van der Waals surface area (Å²) in [6.45, 7) is 0. The lowest BCUT2D eigenvalue weighted by molar-refractivity contribution is 1.36. The van der Waals surface area contributed by atoms with E-state index in [0.717, 1.165) is 16.2 Å². The van der Waals surface area contributed by atoms with Gasteiger partial charge in [0, 0.05) is 15.8 Å². The van der Waals surface area contributed by atoms with Gasteiger partial charge in [-0.05, 0) is 6.07 Å². The highest BCUT2D eigenvalue weighted by molar-refractivity contribution is 7.80. The predicted octanol–water partition coefficient (Wildman–Crippen LogP) is 3.10. The molecule has 12 heavy (non-hydrogen) atoms. The molecule has 0 aliphatic heterocycles. The molecule has 0 amide bonds. The summed E-state index contributed by atoms with van der Waals surface area (Å²) in [5.74, 6) is 0. The highest BCUT2D eigenvalue weighted by atomic mass is 32.1. The summed E-state index contributed by atoms with van der Waals surface area (Å²) in [5, 5.41) is 2.02. The molecule has 0 N–H and O–H groups in total. The van der Waals surface area contributed by atoms with E-state index < -0.39 is 0 Å². The molecule has 0 spiro atoms. The molecule has 2 rings (SSSR count). The summed E-state index contributed by atoms with van der Waals surface area (Å²) in [4.78, 5) is 5.19. The van der Waals surface area contributed by atoms with Crippen molar-refractivity contribution in [3.63, 3.8) is 0 Å². The van der Waals surface area contributed by atoms with Crippen molar-refractivity contribution in [3.05, 3.63) is 35.2 Å². The standard InChI is InChI=1S/C9H7NS2/c11-9-4-2-1-3-7(9)8-5-12-6-10-8/h1-6,11H. The minimum Gasteiger partial charge on any atom is -0.245 e. The van der Waals surface area contributed by atoms with Gasteiger partial charge in [-0.2, -0.15) is 0 Å². The first-order valence-corrected chi connectivity index (χ1v) is 4.93. The SMILES string of the molecule is Sc1ccccc1-c1cscn1. The average molecular weight is 193 g/mol. The van der Waals surface area contributed by atoms with Gasteiger partial charge < -0.3 is 0 Å². The monoisotopic (exact) mass is 193 g/mol. The van der Waals surface area contributed by atoms with Crippen LogP contribution in [0.2, 0.25) is 0 Å². The summed E-state index contributed by atoms with van der Waals surface area (Å²) in [6.07, 6.45) is 0. The molecule has 1 nitrogen and oxygen atoms in total. The van der Waals surface area contributed by atoms with Crippen molar-refractivity contribution in [1.82, 2.24) is 4.98 Å². The van der Waals surface area contributed by atoms with Crippen molar-refractivity contribution >= 4 is 24.0 Å². The lowest BCUT2D eigenvalue weighted by atomic mass is 10.2. The third-order valence-corrected chi connectivity index (χ3v) is 2.59. The fraction of sp³-hybridized carbons (Fsp3) is 0. The van der Waals surface area contributed by atoms with Crippen LogP contribution in [0.5, 0.6) is 0 Å². The zero-order chi connectivity index (χ0) is 8.39. The summed E-state index contributed by atoms with van der Waals surface area (Å²) in [7, 11) is 0. The van der Waals surface area contributed by atoms with Gasteiger partial charge >= 0.3 is 0 Å². The van der Waals surface area contributed by atoms with Gasteiger partial charge in [0.25, 0.3) is 0 Å². The first kappa shape index (κ1) is 7.83. The van der Waals surface area contributed by atoms with Crippen LogP contribution in [0.3, 0.4) is 0 Å². The number of rotatable bonds is 1. The van der Waals surface area contributed by atoms with Gasteiger partial charge in [0.2, 0.25) is 0 Å². The Balaban J connectivity index is 2.55. The molecule has 60 valence electrons. The van der Waals surface area contributed by atoms with E-state index in [1.807, 2.05) is 35.2 Å². The van der Waals surface area contributed by atoms with E-state index in [-0.39, 0.29) is 0 Å². The maximum Gasteiger partial charge on any atom is 0.0822 e. The molecule has 0 bridgehead atoms. The molecule has 0 atom stereocenters. The molecular weight excluding hydrogens is 186 g/mol. The van der Waals surface area contributed by atoms with Crippen LogP contribution in [0.1, 0.15) is 0 Å². The number of hydrogen-bond donors (Lipinski definition) is 1. The smallest absolute Gasteiger partial charge is 0.0822 e. The molecule has 0 aliphatic carbocycles. The van der Waals surface area contributed by atoms with Gasteiger partial charge in [-0.1, -0.05) is 18.2 Å². The molecule has 1 heterocycles. The van der Waals surface area contributed by atoms with Crippen molar-refractivity contribution in [2.24, 2.45) is 0 Å². The van der Waals surface area contributed by atoms with E-state index in [1.54, 1.807) is 11.3 Å². The Morgan fingerprint density at radius 1 is 1.25 bits per heavy atom. The number of nitrogens with zero attached hydrogens (tertiary/aromatic N) is 1. The second-order valence-electron chi connectivity index (χ2n) is 2.39. The number of aromatic nitrogens is 1. The summed E-state index contributed by atoms with van der Waals surface area (Å²) < 4.78 is 0. The Kier molecular flexibility index (Phi) is 2.15. The van der Waals surface area contributed by atoms with E-state index in [2.05, 4.69) is 17.6 Å². The largest absolute Gasteiger partial charge is 0.245 e. The second-order valence-corrected chi connectivity index (χ2v) is 3.59. The summed E-state index contributed by atoms with van der Waals surface area (Å²) >= 11 is 5.95. The Bertz CT molecular complexity index is 368. The van der Waals surface area contributed by atoms with Crippen molar-refractivity contribution in [2.75, 3.05) is 0 Å². The van der Waals surface area contributed by atoms with Crippen LogP contribution >= 0.6 is 24.0 Å². The number of benzene rings is 1. The van der Waals surface area contributed by atoms with E-state index in [4.69, 9.17) is 0 Å². The van der Waals surface area contributed by atoms with Crippen LogP contribution in [0, 0.1) is 0 Å². The zero-order valence-corrected chi connectivity index (χ0v) is 7.98. The van der Waals surface area contributed by atoms with Crippen LogP contribution in [-0.2, 0) is 0 Å². The van der Waals surface area contributed by atoms with Crippen molar-refractivity contribution < 1.29 is 0 Å². The first-order valence-electron chi connectivity index (χ1n) is 3.54. The van der Waals surface area contributed by atoms with E-state index in [1.165, 1.54) is 0 Å². The van der Waals surface area contributed by atoms with Gasteiger partial charge in [-0.15, -0.1) is 24.0 Å². The Hall–Kier alpha value is -0.800. The molecule has 0 unspecified atom stereocenters. The fourth-order valence-electron chi connectivity index (χ4n) is 1.04. The third-order valence-electron chi connectivity index (χ3n) is 1.61. The zero-order valence-electron chi connectivity index (χ0n) is 6.27. The van der Waals surface area contributed by atoms with Gasteiger partial charge in [-0.25, -0.2) is 4.98 Å². The quantitative estimate of drug-likeness (QED) is 0.687. The minimum atomic E-state index is 0.975. The van der Waals surface area contributed by atoms with Crippen molar-refractivity contribution in [1.29, 1.82) is 0 Å². The Morgan fingerprint density at radius 2 is 2.08 bits per heavy atom. The second kappa shape index (κ2) is 3.29. The topological polar surface area (TPSA) is 12.9 Å². The highest BCUT2D eigenvalue weighted by Gasteiger charge is 2.01. The maximum atomic E-state index is 4.35. The van der Waals surface area contributed by atoms with Gasteiger partial charge in [0.05, 0.1) is 11.2 Å². The summed E-state index contributed by atoms with van der Waals surface area (Å²) in [5.41, 5.74) is 3.93. The average Bonchev–Trinajstić information content (AvgIpc) is 2.57. The van der Waals surface area contributed by atoms with E-state index >= 15 is 0 Å². The van der Waals surface area contributed by atoms with E-state index in [0.29, 0.717) is 0 Å². The Morgan fingerprint density at radius 3 is 2.75 bits per heavy atom.